The number of nitrogens with zero attached hydrogens (tertiary/aromatic N) is 4. The van der Waals surface area contributed by atoms with Crippen molar-refractivity contribution in [2.45, 2.75) is 127 Å². The number of aromatic nitrogens is 2. The largest absolute Gasteiger partial charge is 2.00 e. The molecule has 13 heterocycles. The van der Waals surface area contributed by atoms with E-state index >= 15 is 0 Å². The third-order valence-corrected chi connectivity index (χ3v) is 17.9. The van der Waals surface area contributed by atoms with Crippen LogP contribution in [-0.4, -0.2) is 136 Å². The van der Waals surface area contributed by atoms with E-state index in [1.54, 1.807) is 0 Å². The molecule has 17 rings (SSSR count). The zero-order chi connectivity index (χ0) is 64.4. The number of allylic oxidation sites excluding steroid dienone is 4. The molecule has 3 saturated heterocycles. The van der Waals surface area contributed by atoms with Crippen molar-refractivity contribution >= 4 is 33.7 Å². The molecule has 22 heteroatoms. The van der Waals surface area contributed by atoms with Gasteiger partial charge in [0, 0.05) is 22.3 Å². The minimum Gasteiger partial charge on any atom is 2.00 e. The summed E-state index contributed by atoms with van der Waals surface area (Å²) in [6.45, 7) is 20.1. The summed E-state index contributed by atoms with van der Waals surface area (Å²) in [5, 5.41) is 1.07. The predicted molar refractivity (Wildman–Crippen MR) is 338 cm³/mol. The second-order valence-electron chi connectivity index (χ2n) is 26.2. The second-order valence-corrected chi connectivity index (χ2v) is 26.2. The Morgan fingerprint density at radius 1 is 0.326 bits per heavy atom. The Morgan fingerprint density at radius 3 is 0.800 bits per heavy atom. The first-order valence-electron chi connectivity index (χ1n) is 31.7. The molecule has 21 nitrogen and oxygen atoms in total. The SMILES string of the molecule is CC1(C)O[C@H]2COc3cccc4c3C3=C5C=CC(=N5)C5=c6ccc([n-]6)=C6C7=NC(=C(c8ccc3[n-]8)c3c(cccc3OC[C@H]3OC(C)(C)O[C@@H]3COc3cccc(c36)OC[C@H]3OC(C)(C)O[C@@H]3COc3cccc(c35)OC[C@@H]2O1)OC[C@H]1OC(C)(C)O[C@H]1CO4)C=C7.[C-]#[O+].[Ru+2]. The molecule has 0 saturated carbocycles. The van der Waals surface area contributed by atoms with E-state index in [4.69, 9.17) is 100 Å². The van der Waals surface area contributed by atoms with Crippen molar-refractivity contribution in [2.75, 3.05) is 52.9 Å². The van der Waals surface area contributed by atoms with Crippen molar-refractivity contribution in [1.82, 2.24) is 9.97 Å². The first-order valence-corrected chi connectivity index (χ1v) is 31.7. The molecule has 8 atom stereocenters. The smallest absolute Gasteiger partial charge is 2.00 e. The molecular formula is C73H68N4O17Ru. The van der Waals surface area contributed by atoms with Gasteiger partial charge in [-0.1, -0.05) is 48.5 Å². The first kappa shape index (κ1) is 63.0. The van der Waals surface area contributed by atoms with E-state index in [-0.39, 0.29) is 72.3 Å². The quantitative estimate of drug-likeness (QED) is 0.0792. The number of benzene rings is 4. The third kappa shape index (κ3) is 11.6. The van der Waals surface area contributed by atoms with Gasteiger partial charge in [-0.25, -0.2) is 9.98 Å². The van der Waals surface area contributed by atoms with E-state index in [2.05, 4.69) is 6.65 Å². The van der Waals surface area contributed by atoms with Crippen LogP contribution in [0, 0.1) is 6.65 Å². The molecule has 0 spiro atoms. The molecule has 3 fully saturated rings. The molecule has 11 aliphatic heterocycles. The van der Waals surface area contributed by atoms with E-state index in [1.807, 2.05) is 177 Å². The second kappa shape index (κ2) is 24.2. The van der Waals surface area contributed by atoms with Crippen LogP contribution < -0.4 is 58.6 Å². The van der Waals surface area contributed by atoms with Gasteiger partial charge in [-0.2, -0.15) is 0 Å². The molecule has 32 bridgehead atoms. The molecule has 2 aromatic heterocycles. The molecule has 0 unspecified atom stereocenters. The van der Waals surface area contributed by atoms with Crippen LogP contribution in [0.3, 0.4) is 0 Å². The number of fused-ring (bicyclic) bond motifs is 13. The maximum atomic E-state index is 7.50. The minimum absolute atomic E-state index is 0. The zero-order valence-corrected chi connectivity index (χ0v) is 55.1. The van der Waals surface area contributed by atoms with Gasteiger partial charge in [0.1, 0.15) is 148 Å². The van der Waals surface area contributed by atoms with Crippen LogP contribution in [0.25, 0.3) is 22.3 Å². The summed E-state index contributed by atoms with van der Waals surface area (Å²) in [6.07, 6.45) is 3.01. The topological polar surface area (TPSA) is 220 Å². The third-order valence-electron chi connectivity index (χ3n) is 17.9. The summed E-state index contributed by atoms with van der Waals surface area (Å²) >= 11 is 0. The van der Waals surface area contributed by atoms with Gasteiger partial charge in [0.05, 0.1) is 45.1 Å². The molecule has 0 amide bonds. The number of rotatable bonds is 0. The van der Waals surface area contributed by atoms with Crippen molar-refractivity contribution in [2.24, 2.45) is 9.98 Å². The van der Waals surface area contributed by atoms with Gasteiger partial charge >= 0.3 is 30.8 Å². The standard InChI is InChI=1S/C72H68N4O16.CO.Ru/c1-69(2)85-53-29-77-45-13-9-15-47-65(45)61-37-21-22-38(73-37)62-40-24-26-42(75-40)64-44-28-27-43(76-44)63(41-25-23-39(61)74-41)67-49(81-33-57-55(31-79-47)87-70(3,4)89-57)17-11-19-51(67)83-35-59-60(92-72(7,8)91-59)36-84-52-20-12-18-50(68(52)64)82-34-58-56(88-71(5,6)90-58)32-80-48-16-10-14-46(66(48)62)78-30-54(53)86-69;1-2;/h9-28,53-60H,29-36H2,1-8H3;;/q-2;;+2/t53-,54-,55-,56-,57-,58+,59+,60+;;/m1../s1. The summed E-state index contributed by atoms with van der Waals surface area (Å²) < 4.78 is 118. The summed E-state index contributed by atoms with van der Waals surface area (Å²) in [6, 6.07) is 31.0. The van der Waals surface area contributed by atoms with E-state index in [1.165, 1.54) is 0 Å². The molecule has 95 heavy (non-hydrogen) atoms. The minimum atomic E-state index is -1.00. The number of aliphatic imine (C=N–C) groups is 2. The maximum Gasteiger partial charge on any atom is 2.00 e. The van der Waals surface area contributed by atoms with Crippen LogP contribution in [0.4, 0.5) is 0 Å². The molecule has 11 aliphatic rings. The molecule has 0 radical (unpaired) electrons. The summed E-state index contributed by atoms with van der Waals surface area (Å²) in [7, 11) is 0. The Morgan fingerprint density at radius 2 is 0.558 bits per heavy atom. The fourth-order valence-electron chi connectivity index (χ4n) is 14.2. The van der Waals surface area contributed by atoms with Crippen LogP contribution in [0.2, 0.25) is 0 Å². The Balaban J connectivity index is 0.00000245. The normalized spacial score (nSPS) is 27.4. The molecule has 6 aromatic rings. The van der Waals surface area contributed by atoms with E-state index in [9.17, 15) is 0 Å². The predicted octanol–water partition coefficient (Wildman–Crippen LogP) is 8.38. The van der Waals surface area contributed by atoms with Gasteiger partial charge < -0.3 is 85.8 Å². The van der Waals surface area contributed by atoms with E-state index < -0.39 is 72.0 Å². The number of hydrogen-bond acceptors (Lipinski definition) is 18. The maximum absolute atomic E-state index is 7.50. The summed E-state index contributed by atoms with van der Waals surface area (Å²) in [5.41, 5.74) is 7.87. The Labute approximate surface area is 560 Å². The van der Waals surface area contributed by atoms with Crippen molar-refractivity contribution in [3.8, 4) is 46.0 Å². The van der Waals surface area contributed by atoms with Gasteiger partial charge in [0.15, 0.2) is 23.1 Å². The van der Waals surface area contributed by atoms with Crippen LogP contribution in [-0.2, 0) is 62.0 Å². The number of hydrogen-bond donors (Lipinski definition) is 0. The first-order chi connectivity index (χ1) is 45.4. The van der Waals surface area contributed by atoms with Crippen molar-refractivity contribution in [3.63, 3.8) is 0 Å². The Hall–Kier alpha value is -8.08. The van der Waals surface area contributed by atoms with Crippen molar-refractivity contribution < 1.29 is 99.9 Å². The Bertz CT molecular complexity index is 4140. The fraction of sp³-hybridized carbons (Fsp3) is 0.384. The van der Waals surface area contributed by atoms with Crippen LogP contribution >= 0.6 is 0 Å². The summed E-state index contributed by atoms with van der Waals surface area (Å²) in [5.74, 6) is -0.238. The average Bonchev–Trinajstić information content (AvgIpc) is 1.64. The molecular weight excluding hydrogens is 1310 g/mol. The van der Waals surface area contributed by atoms with E-state index in [0.717, 1.165) is 0 Å². The zero-order valence-electron chi connectivity index (χ0n) is 53.4. The van der Waals surface area contributed by atoms with Gasteiger partial charge in [0.25, 0.3) is 0 Å². The van der Waals surface area contributed by atoms with E-state index in [0.29, 0.717) is 135 Å². The van der Waals surface area contributed by atoms with Crippen LogP contribution in [0.5, 0.6) is 46.0 Å². The molecule has 0 N–H and O–H groups in total. The summed E-state index contributed by atoms with van der Waals surface area (Å²) in [4.78, 5) is 22.9. The van der Waals surface area contributed by atoms with Gasteiger partial charge in [-0.05, 0) is 128 Å². The molecule has 0 aliphatic carbocycles. The van der Waals surface area contributed by atoms with Crippen molar-refractivity contribution in [3.05, 3.63) is 184 Å². The Kier molecular flexibility index (Phi) is 16.1. The van der Waals surface area contributed by atoms with Gasteiger partial charge in [-0.15, -0.1) is 22.1 Å². The van der Waals surface area contributed by atoms with Crippen molar-refractivity contribution in [1.29, 1.82) is 0 Å². The van der Waals surface area contributed by atoms with Gasteiger partial charge in [0.2, 0.25) is 0 Å². The van der Waals surface area contributed by atoms with Gasteiger partial charge in [-0.3, -0.25) is 0 Å². The molecule has 4 aromatic carbocycles. The molecule has 490 valence electrons. The average molecular weight is 1370 g/mol. The number of ether oxygens (including phenoxy) is 16. The van der Waals surface area contributed by atoms with Crippen LogP contribution in [0.15, 0.2) is 143 Å². The monoisotopic (exact) mass is 1370 g/mol. The fourth-order valence-corrected chi connectivity index (χ4v) is 14.2. The van der Waals surface area contributed by atoms with Crippen LogP contribution in [0.1, 0.15) is 89.0 Å².